The largest absolute Gasteiger partial charge is 0.490 e. The first-order valence-electron chi connectivity index (χ1n) is 19.2. The summed E-state index contributed by atoms with van der Waals surface area (Å²) < 4.78 is 28.8. The van der Waals surface area contributed by atoms with Crippen LogP contribution in [-0.4, -0.2) is 101 Å². The third kappa shape index (κ3) is 11.7. The second-order valence-electron chi connectivity index (χ2n) is 15.0. The molecule has 1 saturated heterocycles. The van der Waals surface area contributed by atoms with E-state index in [1.54, 1.807) is 38.5 Å². The Morgan fingerprint density at radius 1 is 0.946 bits per heavy atom. The first-order chi connectivity index (χ1) is 27.0. The van der Waals surface area contributed by atoms with Crippen molar-refractivity contribution >= 4 is 17.5 Å². The van der Waals surface area contributed by atoms with Crippen molar-refractivity contribution < 1.29 is 43.2 Å². The lowest BCUT2D eigenvalue weighted by Crippen LogP contribution is -2.51. The fourth-order valence-corrected chi connectivity index (χ4v) is 7.40. The Balaban J connectivity index is 1.27. The summed E-state index contributed by atoms with van der Waals surface area (Å²) in [4.78, 5) is 45.7. The van der Waals surface area contributed by atoms with Gasteiger partial charge in [-0.1, -0.05) is 56.3 Å². The molecule has 2 heterocycles. The quantitative estimate of drug-likeness (QED) is 0.0872. The van der Waals surface area contributed by atoms with E-state index in [2.05, 4.69) is 51.5 Å². The number of imide groups is 1. The number of piperidine rings is 1. The summed E-state index contributed by atoms with van der Waals surface area (Å²) in [6.07, 6.45) is 2.02. The van der Waals surface area contributed by atoms with Crippen LogP contribution in [0.2, 0.25) is 0 Å². The molecule has 0 radical (unpaired) electrons. The number of carbonyl (C=O) groups excluding carboxylic acids is 2. The van der Waals surface area contributed by atoms with Gasteiger partial charge in [-0.2, -0.15) is 0 Å². The smallest absolute Gasteiger partial charge is 0.294 e. The number of rotatable bonds is 20. The van der Waals surface area contributed by atoms with Crippen molar-refractivity contribution in [2.75, 3.05) is 72.2 Å². The van der Waals surface area contributed by atoms with Crippen molar-refractivity contribution in [3.05, 3.63) is 105 Å². The van der Waals surface area contributed by atoms with Gasteiger partial charge in [0.25, 0.3) is 11.0 Å². The number of hydrogen-bond acceptors (Lipinski definition) is 12. The molecule has 14 nitrogen and oxygen atoms in total. The third-order valence-corrected chi connectivity index (χ3v) is 10.4. The maximum Gasteiger partial charge on any atom is 0.294 e. The molecule has 2 unspecified atom stereocenters. The second kappa shape index (κ2) is 20.5. The summed E-state index contributed by atoms with van der Waals surface area (Å²) in [6.45, 7) is 9.14. The van der Waals surface area contributed by atoms with Crippen LogP contribution in [0.3, 0.4) is 0 Å². The average molecular weight is 777 g/mol. The van der Waals surface area contributed by atoms with E-state index in [0.29, 0.717) is 63.7 Å². The van der Waals surface area contributed by atoms with Gasteiger partial charge >= 0.3 is 0 Å². The van der Waals surface area contributed by atoms with Crippen LogP contribution in [0.4, 0.5) is 5.69 Å². The Morgan fingerprint density at radius 2 is 1.64 bits per heavy atom. The van der Waals surface area contributed by atoms with Gasteiger partial charge in [0.2, 0.25) is 5.91 Å². The molecule has 3 aromatic carbocycles. The van der Waals surface area contributed by atoms with Crippen LogP contribution in [0.15, 0.2) is 66.7 Å². The number of ether oxygens (including phenoxy) is 5. The molecule has 3 atom stereocenters. The molecule has 0 bridgehead atoms. The van der Waals surface area contributed by atoms with Crippen LogP contribution in [-0.2, 0) is 48.4 Å². The van der Waals surface area contributed by atoms with E-state index in [9.17, 15) is 19.7 Å². The highest BCUT2D eigenvalue weighted by Crippen LogP contribution is 2.37. The summed E-state index contributed by atoms with van der Waals surface area (Å²) in [5, 5.41) is 13.3. The summed E-state index contributed by atoms with van der Waals surface area (Å²) in [7, 11) is 4.86. The Hall–Kier alpha value is -4.60. The van der Waals surface area contributed by atoms with E-state index in [1.165, 1.54) is 7.05 Å². The number of carbonyl (C=O) groups is 2. The SMILES string of the molecule is COCCCN1CCOc2ccc(CO[C@H]3CNC(CC(C)(C)C(=O)N(C)C(=O)c4ccc(CO[N+](=O)[O-])cc4)CC3c3ccc(COCCOC)cc3)cc21. The number of nitrogens with one attached hydrogen (secondary N) is 1. The third-order valence-electron chi connectivity index (χ3n) is 10.4. The highest BCUT2D eigenvalue weighted by Gasteiger charge is 2.39. The minimum Gasteiger partial charge on any atom is -0.490 e. The number of amides is 2. The number of hydrogen-bond donors (Lipinski definition) is 1. The molecule has 0 aromatic heterocycles. The first-order valence-corrected chi connectivity index (χ1v) is 19.2. The molecule has 0 saturated carbocycles. The number of anilines is 1. The maximum atomic E-state index is 13.9. The lowest BCUT2D eigenvalue weighted by Gasteiger charge is -2.40. The van der Waals surface area contributed by atoms with Crippen molar-refractivity contribution in [2.45, 2.75) is 71.0 Å². The Bertz CT molecular complexity index is 1740. The molecule has 3 aromatic rings. The number of fused-ring (bicyclic) bond motifs is 1. The number of benzene rings is 3. The minimum absolute atomic E-state index is 0.0261. The summed E-state index contributed by atoms with van der Waals surface area (Å²) in [6, 6.07) is 20.9. The molecule has 1 N–H and O–H groups in total. The zero-order valence-electron chi connectivity index (χ0n) is 33.2. The minimum atomic E-state index is -0.871. The molecule has 0 spiro atoms. The zero-order valence-corrected chi connectivity index (χ0v) is 33.2. The maximum absolute atomic E-state index is 13.9. The van der Waals surface area contributed by atoms with E-state index in [-0.39, 0.29) is 30.6 Å². The van der Waals surface area contributed by atoms with Crippen molar-refractivity contribution in [2.24, 2.45) is 5.41 Å². The topological polar surface area (TPSA) is 151 Å². The summed E-state index contributed by atoms with van der Waals surface area (Å²) >= 11 is 0. The van der Waals surface area contributed by atoms with Gasteiger partial charge in [-0.15, -0.1) is 10.1 Å². The van der Waals surface area contributed by atoms with Gasteiger partial charge in [-0.25, -0.2) is 0 Å². The van der Waals surface area contributed by atoms with Gasteiger partial charge in [-0.3, -0.25) is 14.5 Å². The molecular weight excluding hydrogens is 720 g/mol. The fraction of sp³-hybridized carbons (Fsp3) is 0.524. The van der Waals surface area contributed by atoms with Crippen LogP contribution in [0.1, 0.15) is 71.6 Å². The molecule has 14 heteroatoms. The second-order valence-corrected chi connectivity index (χ2v) is 15.0. The molecular formula is C42H56N4O10. The van der Waals surface area contributed by atoms with Crippen LogP contribution in [0.5, 0.6) is 5.75 Å². The van der Waals surface area contributed by atoms with E-state index in [4.69, 9.17) is 23.7 Å². The molecule has 2 aliphatic rings. The highest BCUT2D eigenvalue weighted by molar-refractivity contribution is 6.05. The molecule has 56 heavy (non-hydrogen) atoms. The van der Waals surface area contributed by atoms with E-state index in [0.717, 1.165) is 59.0 Å². The van der Waals surface area contributed by atoms with Gasteiger partial charge in [0, 0.05) is 63.9 Å². The number of nitrogens with zero attached hydrogens (tertiary/aromatic N) is 3. The lowest BCUT2D eigenvalue weighted by molar-refractivity contribution is -0.763. The van der Waals surface area contributed by atoms with E-state index < -0.39 is 16.4 Å². The average Bonchev–Trinajstić information content (AvgIpc) is 3.20. The molecule has 2 amide bonds. The Labute approximate surface area is 329 Å². The summed E-state index contributed by atoms with van der Waals surface area (Å²) in [5.41, 5.74) is 4.32. The summed E-state index contributed by atoms with van der Waals surface area (Å²) in [5.74, 6) is 0.169. The van der Waals surface area contributed by atoms with Gasteiger partial charge in [0.05, 0.1) is 44.8 Å². The Morgan fingerprint density at radius 3 is 2.36 bits per heavy atom. The van der Waals surface area contributed by atoms with Crippen LogP contribution < -0.4 is 15.0 Å². The van der Waals surface area contributed by atoms with Crippen molar-refractivity contribution in [3.8, 4) is 5.75 Å². The van der Waals surface area contributed by atoms with Crippen LogP contribution >= 0.6 is 0 Å². The van der Waals surface area contributed by atoms with Gasteiger partial charge in [-0.05, 0) is 65.8 Å². The molecule has 0 aliphatic carbocycles. The molecule has 1 fully saturated rings. The monoisotopic (exact) mass is 776 g/mol. The lowest BCUT2D eigenvalue weighted by atomic mass is 9.77. The molecule has 304 valence electrons. The van der Waals surface area contributed by atoms with E-state index in [1.807, 2.05) is 19.9 Å². The highest BCUT2D eigenvalue weighted by atomic mass is 16.9. The van der Waals surface area contributed by atoms with Gasteiger partial charge < -0.3 is 38.7 Å². The predicted molar refractivity (Wildman–Crippen MR) is 210 cm³/mol. The van der Waals surface area contributed by atoms with Crippen LogP contribution in [0.25, 0.3) is 0 Å². The fourth-order valence-electron chi connectivity index (χ4n) is 7.40. The van der Waals surface area contributed by atoms with Gasteiger partial charge in [0.15, 0.2) is 0 Å². The van der Waals surface area contributed by atoms with Crippen LogP contribution in [0, 0.1) is 15.5 Å². The van der Waals surface area contributed by atoms with Crippen molar-refractivity contribution in [3.63, 3.8) is 0 Å². The molecule has 2 aliphatic heterocycles. The standard InChI is InChI=1S/C42H56N4O10/c1-42(2,41(48)44(3)40(47)34-14-9-31(10-15-34)29-56-46(49)50)25-35-24-36(33-12-7-30(8-13-33)27-53-22-21-52-5)39(26-43-35)55-28-32-11-16-38-37(23-32)45(18-20-54-38)17-6-19-51-4/h7-16,23,35-36,39,43H,6,17-22,24-29H2,1-5H3/t35?,36?,39-/m0/s1. The normalized spacial score (nSPS) is 18.2. The Kier molecular flexibility index (Phi) is 15.6. The van der Waals surface area contributed by atoms with Crippen molar-refractivity contribution in [1.29, 1.82) is 0 Å². The zero-order chi connectivity index (χ0) is 40.1. The van der Waals surface area contributed by atoms with Gasteiger partial charge in [0.1, 0.15) is 19.0 Å². The first kappa shape index (κ1) is 42.5. The number of methoxy groups -OCH3 is 2. The van der Waals surface area contributed by atoms with Crippen molar-refractivity contribution in [1.82, 2.24) is 10.2 Å². The predicted octanol–water partition coefficient (Wildman–Crippen LogP) is 5.54. The van der Waals surface area contributed by atoms with E-state index >= 15 is 0 Å². The molecule has 5 rings (SSSR count).